The van der Waals surface area contributed by atoms with Crippen LogP contribution < -0.4 is 11.1 Å². The Bertz CT molecular complexity index is 195. The molecule has 16 heavy (non-hydrogen) atoms. The van der Waals surface area contributed by atoms with Crippen molar-refractivity contribution in [3.63, 3.8) is 0 Å². The van der Waals surface area contributed by atoms with Gasteiger partial charge in [-0.1, -0.05) is 13.8 Å². The van der Waals surface area contributed by atoms with Crippen LogP contribution in [0.5, 0.6) is 0 Å². The molecule has 0 aliphatic heterocycles. The summed E-state index contributed by atoms with van der Waals surface area (Å²) in [6.45, 7) is 6.78. The van der Waals surface area contributed by atoms with E-state index < -0.39 is 0 Å². The van der Waals surface area contributed by atoms with E-state index in [1.165, 1.54) is 32.2 Å². The SMILES string of the molecule is CC(C)C(N)CCNCC(C1CC1)C1CC1. The number of hydrogen-bond acceptors (Lipinski definition) is 2. The van der Waals surface area contributed by atoms with Crippen LogP contribution in [0.25, 0.3) is 0 Å². The van der Waals surface area contributed by atoms with Gasteiger partial charge in [0, 0.05) is 6.04 Å². The van der Waals surface area contributed by atoms with Gasteiger partial charge in [0.15, 0.2) is 0 Å². The molecule has 0 amide bonds. The minimum atomic E-state index is 0.368. The predicted molar refractivity (Wildman–Crippen MR) is 69.2 cm³/mol. The maximum atomic E-state index is 6.04. The van der Waals surface area contributed by atoms with Gasteiger partial charge in [0.05, 0.1) is 0 Å². The third-order valence-corrected chi connectivity index (χ3v) is 4.35. The first-order valence-electron chi connectivity index (χ1n) is 7.14. The summed E-state index contributed by atoms with van der Waals surface area (Å²) in [5, 5.41) is 3.63. The van der Waals surface area contributed by atoms with Crippen LogP contribution >= 0.6 is 0 Å². The molecular weight excluding hydrogens is 196 g/mol. The standard InChI is InChI=1S/C14H28N2/c1-10(2)14(15)7-8-16-9-13(11-3-4-11)12-5-6-12/h10-14,16H,3-9,15H2,1-2H3. The first kappa shape index (κ1) is 12.4. The Morgan fingerprint density at radius 1 is 1.12 bits per heavy atom. The Kier molecular flexibility index (Phi) is 4.26. The highest BCUT2D eigenvalue weighted by Gasteiger charge is 2.40. The first-order valence-corrected chi connectivity index (χ1v) is 7.14. The summed E-state index contributed by atoms with van der Waals surface area (Å²) in [6, 6.07) is 0.368. The molecule has 1 atom stereocenters. The number of hydrogen-bond donors (Lipinski definition) is 2. The van der Waals surface area contributed by atoms with Gasteiger partial charge >= 0.3 is 0 Å². The van der Waals surface area contributed by atoms with Crippen molar-refractivity contribution in [3.8, 4) is 0 Å². The summed E-state index contributed by atoms with van der Waals surface area (Å²) in [4.78, 5) is 0. The molecule has 2 rings (SSSR count). The highest BCUT2D eigenvalue weighted by Crippen LogP contribution is 2.48. The molecule has 2 nitrogen and oxygen atoms in total. The Morgan fingerprint density at radius 2 is 1.69 bits per heavy atom. The number of nitrogens with two attached hydrogens (primary N) is 1. The molecule has 2 aliphatic rings. The van der Waals surface area contributed by atoms with E-state index in [9.17, 15) is 0 Å². The van der Waals surface area contributed by atoms with Crippen molar-refractivity contribution >= 4 is 0 Å². The van der Waals surface area contributed by atoms with Crippen LogP contribution in [-0.4, -0.2) is 19.1 Å². The maximum Gasteiger partial charge on any atom is 0.00739 e. The number of rotatable bonds is 8. The highest BCUT2D eigenvalue weighted by molar-refractivity contribution is 4.92. The maximum absolute atomic E-state index is 6.04. The molecule has 0 saturated heterocycles. The van der Waals surface area contributed by atoms with Crippen molar-refractivity contribution in [3.05, 3.63) is 0 Å². The lowest BCUT2D eigenvalue weighted by atomic mass is 9.97. The zero-order valence-electron chi connectivity index (χ0n) is 10.9. The molecule has 2 aliphatic carbocycles. The molecule has 0 bridgehead atoms. The van der Waals surface area contributed by atoms with E-state index in [1.807, 2.05) is 0 Å². The predicted octanol–water partition coefficient (Wildman–Crippen LogP) is 2.39. The molecule has 94 valence electrons. The summed E-state index contributed by atoms with van der Waals surface area (Å²) in [6.07, 6.45) is 7.10. The molecule has 2 fully saturated rings. The molecule has 2 saturated carbocycles. The minimum Gasteiger partial charge on any atom is -0.327 e. The number of nitrogens with one attached hydrogen (secondary N) is 1. The lowest BCUT2D eigenvalue weighted by Crippen LogP contribution is -2.33. The second-order valence-corrected chi connectivity index (χ2v) is 6.24. The van der Waals surface area contributed by atoms with E-state index in [-0.39, 0.29) is 0 Å². The minimum absolute atomic E-state index is 0.368. The Morgan fingerprint density at radius 3 is 2.12 bits per heavy atom. The molecule has 0 radical (unpaired) electrons. The van der Waals surface area contributed by atoms with Gasteiger partial charge in [-0.15, -0.1) is 0 Å². The van der Waals surface area contributed by atoms with Gasteiger partial charge in [-0.3, -0.25) is 0 Å². The third-order valence-electron chi connectivity index (χ3n) is 4.35. The summed E-state index contributed by atoms with van der Waals surface area (Å²) in [7, 11) is 0. The quantitative estimate of drug-likeness (QED) is 0.621. The molecule has 3 N–H and O–H groups in total. The summed E-state index contributed by atoms with van der Waals surface area (Å²) < 4.78 is 0. The smallest absolute Gasteiger partial charge is 0.00739 e. The summed E-state index contributed by atoms with van der Waals surface area (Å²) >= 11 is 0. The van der Waals surface area contributed by atoms with E-state index >= 15 is 0 Å². The van der Waals surface area contributed by atoms with E-state index in [0.29, 0.717) is 12.0 Å². The van der Waals surface area contributed by atoms with Gasteiger partial charge in [0.25, 0.3) is 0 Å². The molecule has 0 aromatic rings. The van der Waals surface area contributed by atoms with Gasteiger partial charge in [0.2, 0.25) is 0 Å². The Hall–Kier alpha value is -0.0800. The molecule has 1 unspecified atom stereocenters. The van der Waals surface area contributed by atoms with Gasteiger partial charge < -0.3 is 11.1 Å². The molecule has 0 spiro atoms. The van der Waals surface area contributed by atoms with Crippen LogP contribution in [0.15, 0.2) is 0 Å². The van der Waals surface area contributed by atoms with Crippen molar-refractivity contribution in [1.82, 2.24) is 5.32 Å². The fourth-order valence-corrected chi connectivity index (χ4v) is 2.64. The molecule has 0 aromatic carbocycles. The fourth-order valence-electron chi connectivity index (χ4n) is 2.64. The van der Waals surface area contributed by atoms with Crippen LogP contribution in [0, 0.1) is 23.7 Å². The zero-order valence-corrected chi connectivity index (χ0v) is 10.9. The average Bonchev–Trinajstić information content (AvgIpc) is 3.10. The molecular formula is C14H28N2. The zero-order chi connectivity index (χ0) is 11.5. The van der Waals surface area contributed by atoms with Crippen LogP contribution in [-0.2, 0) is 0 Å². The lowest BCUT2D eigenvalue weighted by Gasteiger charge is -2.19. The van der Waals surface area contributed by atoms with Crippen molar-refractivity contribution < 1.29 is 0 Å². The highest BCUT2D eigenvalue weighted by atomic mass is 14.9. The largest absolute Gasteiger partial charge is 0.327 e. The van der Waals surface area contributed by atoms with E-state index in [0.717, 1.165) is 30.7 Å². The molecule has 2 heteroatoms. The van der Waals surface area contributed by atoms with Crippen LogP contribution in [0.4, 0.5) is 0 Å². The molecule has 0 heterocycles. The van der Waals surface area contributed by atoms with Crippen LogP contribution in [0.1, 0.15) is 46.0 Å². The van der Waals surface area contributed by atoms with Crippen LogP contribution in [0.2, 0.25) is 0 Å². The Labute approximate surface area is 100 Å². The van der Waals surface area contributed by atoms with E-state index in [1.54, 1.807) is 0 Å². The second kappa shape index (κ2) is 5.50. The van der Waals surface area contributed by atoms with Crippen molar-refractivity contribution in [1.29, 1.82) is 0 Å². The monoisotopic (exact) mass is 224 g/mol. The van der Waals surface area contributed by atoms with Crippen molar-refractivity contribution in [2.75, 3.05) is 13.1 Å². The van der Waals surface area contributed by atoms with Gasteiger partial charge in [-0.05, 0) is 68.9 Å². The first-order chi connectivity index (χ1) is 7.68. The van der Waals surface area contributed by atoms with Gasteiger partial charge in [-0.2, -0.15) is 0 Å². The molecule has 0 aromatic heterocycles. The van der Waals surface area contributed by atoms with Gasteiger partial charge in [0.1, 0.15) is 0 Å². The normalized spacial score (nSPS) is 23.1. The third kappa shape index (κ3) is 3.74. The van der Waals surface area contributed by atoms with Gasteiger partial charge in [-0.25, -0.2) is 0 Å². The second-order valence-electron chi connectivity index (χ2n) is 6.24. The average molecular weight is 224 g/mol. The topological polar surface area (TPSA) is 38.0 Å². The van der Waals surface area contributed by atoms with Crippen molar-refractivity contribution in [2.24, 2.45) is 29.4 Å². The Balaban J connectivity index is 1.56. The van der Waals surface area contributed by atoms with E-state index in [2.05, 4.69) is 19.2 Å². The van der Waals surface area contributed by atoms with Crippen LogP contribution in [0.3, 0.4) is 0 Å². The summed E-state index contributed by atoms with van der Waals surface area (Å²) in [5.41, 5.74) is 6.04. The fraction of sp³-hybridized carbons (Fsp3) is 1.00. The lowest BCUT2D eigenvalue weighted by molar-refractivity contribution is 0.367. The van der Waals surface area contributed by atoms with Crippen molar-refractivity contribution in [2.45, 2.75) is 52.0 Å². The van der Waals surface area contributed by atoms with E-state index in [4.69, 9.17) is 5.73 Å². The summed E-state index contributed by atoms with van der Waals surface area (Å²) in [5.74, 6) is 3.75.